The molecule has 2 aliphatic carbocycles. The Morgan fingerprint density at radius 1 is 1.17 bits per heavy atom. The minimum atomic E-state index is -0.00629. The number of benzene rings is 1. The maximum atomic E-state index is 12.1. The van der Waals surface area contributed by atoms with Gasteiger partial charge in [0, 0.05) is 6.04 Å². The highest BCUT2D eigenvalue weighted by Gasteiger charge is 2.42. The molecule has 0 spiro atoms. The summed E-state index contributed by atoms with van der Waals surface area (Å²) in [4.78, 5) is 12.1. The highest BCUT2D eigenvalue weighted by atomic mass is 16.5. The molecule has 1 N–H and O–H groups in total. The molecule has 1 aromatic carbocycles. The van der Waals surface area contributed by atoms with Crippen molar-refractivity contribution >= 4 is 5.91 Å². The van der Waals surface area contributed by atoms with Crippen LogP contribution in [-0.4, -0.2) is 18.6 Å². The monoisotopic (exact) mass is 315 g/mol. The third kappa shape index (κ3) is 3.88. The fourth-order valence-corrected chi connectivity index (χ4v) is 4.41. The lowest BCUT2D eigenvalue weighted by molar-refractivity contribution is -0.124. The maximum absolute atomic E-state index is 12.1. The van der Waals surface area contributed by atoms with E-state index in [0.717, 1.165) is 17.6 Å². The molecule has 2 bridgehead atoms. The van der Waals surface area contributed by atoms with Crippen LogP contribution >= 0.6 is 0 Å². The molecule has 3 rings (SSSR count). The van der Waals surface area contributed by atoms with Gasteiger partial charge in [0.2, 0.25) is 0 Å². The second kappa shape index (κ2) is 6.94. The van der Waals surface area contributed by atoms with Crippen LogP contribution in [0.1, 0.15) is 57.9 Å². The molecule has 1 aromatic rings. The third-order valence-corrected chi connectivity index (χ3v) is 5.74. The van der Waals surface area contributed by atoms with Crippen LogP contribution in [0.15, 0.2) is 24.3 Å². The highest BCUT2D eigenvalue weighted by Crippen LogP contribution is 2.49. The van der Waals surface area contributed by atoms with E-state index in [2.05, 4.69) is 38.2 Å². The summed E-state index contributed by atoms with van der Waals surface area (Å²) in [5.74, 6) is 3.68. The van der Waals surface area contributed by atoms with Crippen LogP contribution in [0.25, 0.3) is 0 Å². The standard InChI is InChI=1S/C20H29NO2/c1-13(2)16-6-8-18(9-7-16)23-12-20(22)21-14(3)19-11-15-4-5-17(19)10-15/h6-9,13-15,17,19H,4-5,10-12H2,1-3H3,(H,21,22). The topological polar surface area (TPSA) is 38.3 Å². The predicted octanol–water partition coefficient (Wildman–Crippen LogP) is 4.13. The van der Waals surface area contributed by atoms with E-state index in [1.165, 1.54) is 31.2 Å². The molecule has 0 radical (unpaired) electrons. The first kappa shape index (κ1) is 16.4. The van der Waals surface area contributed by atoms with Gasteiger partial charge in [-0.2, -0.15) is 0 Å². The zero-order valence-electron chi connectivity index (χ0n) is 14.5. The molecule has 4 unspecified atom stereocenters. The number of hydrogen-bond donors (Lipinski definition) is 1. The predicted molar refractivity (Wildman–Crippen MR) is 92.6 cm³/mol. The van der Waals surface area contributed by atoms with Crippen molar-refractivity contribution in [1.29, 1.82) is 0 Å². The molecule has 2 fully saturated rings. The van der Waals surface area contributed by atoms with E-state index in [0.29, 0.717) is 11.8 Å². The van der Waals surface area contributed by atoms with Crippen molar-refractivity contribution in [2.75, 3.05) is 6.61 Å². The lowest BCUT2D eigenvalue weighted by Gasteiger charge is -2.28. The van der Waals surface area contributed by atoms with Gasteiger partial charge in [0.1, 0.15) is 5.75 Å². The van der Waals surface area contributed by atoms with Gasteiger partial charge in [-0.25, -0.2) is 0 Å². The third-order valence-electron chi connectivity index (χ3n) is 5.74. The number of rotatable bonds is 6. The van der Waals surface area contributed by atoms with Gasteiger partial charge in [-0.3, -0.25) is 4.79 Å². The molecule has 0 heterocycles. The van der Waals surface area contributed by atoms with Gasteiger partial charge in [0.05, 0.1) is 0 Å². The number of hydrogen-bond acceptors (Lipinski definition) is 2. The van der Waals surface area contributed by atoms with Crippen LogP contribution in [0.5, 0.6) is 5.75 Å². The second-order valence-electron chi connectivity index (χ2n) is 7.71. The summed E-state index contributed by atoms with van der Waals surface area (Å²) < 4.78 is 5.62. The van der Waals surface area contributed by atoms with E-state index in [1.807, 2.05) is 12.1 Å². The van der Waals surface area contributed by atoms with Crippen LogP contribution < -0.4 is 10.1 Å². The summed E-state index contributed by atoms with van der Waals surface area (Å²) >= 11 is 0. The SMILES string of the molecule is CC(C)c1ccc(OCC(=O)NC(C)C2CC3CCC2C3)cc1. The van der Waals surface area contributed by atoms with Gasteiger partial charge in [0.15, 0.2) is 6.61 Å². The summed E-state index contributed by atoms with van der Waals surface area (Å²) in [5, 5.41) is 3.14. The van der Waals surface area contributed by atoms with Crippen molar-refractivity contribution < 1.29 is 9.53 Å². The van der Waals surface area contributed by atoms with E-state index in [9.17, 15) is 4.79 Å². The lowest BCUT2D eigenvalue weighted by Crippen LogP contribution is -2.42. The average molecular weight is 315 g/mol. The normalized spacial score (nSPS) is 27.2. The quantitative estimate of drug-likeness (QED) is 0.857. The second-order valence-corrected chi connectivity index (χ2v) is 7.71. The summed E-state index contributed by atoms with van der Waals surface area (Å²) in [6.45, 7) is 6.59. The summed E-state index contributed by atoms with van der Waals surface area (Å²) in [5.41, 5.74) is 1.28. The van der Waals surface area contributed by atoms with E-state index in [1.54, 1.807) is 0 Å². The molecule has 2 aliphatic rings. The van der Waals surface area contributed by atoms with Crippen LogP contribution in [0, 0.1) is 17.8 Å². The molecule has 0 aliphatic heterocycles. The molecule has 126 valence electrons. The molecular weight excluding hydrogens is 286 g/mol. The largest absolute Gasteiger partial charge is 0.484 e. The first-order valence-corrected chi connectivity index (χ1v) is 9.05. The fraction of sp³-hybridized carbons (Fsp3) is 0.650. The Labute approximate surface area is 139 Å². The van der Waals surface area contributed by atoms with Gasteiger partial charge in [-0.05, 0) is 67.6 Å². The van der Waals surface area contributed by atoms with Crippen molar-refractivity contribution in [3.8, 4) is 5.75 Å². The van der Waals surface area contributed by atoms with E-state index < -0.39 is 0 Å². The summed E-state index contributed by atoms with van der Waals surface area (Å²) in [6, 6.07) is 8.29. The number of fused-ring (bicyclic) bond motifs is 2. The Morgan fingerprint density at radius 3 is 2.48 bits per heavy atom. The fourth-order valence-electron chi connectivity index (χ4n) is 4.41. The minimum Gasteiger partial charge on any atom is -0.484 e. The summed E-state index contributed by atoms with van der Waals surface area (Å²) in [7, 11) is 0. The number of carbonyl (C=O) groups excluding carboxylic acids is 1. The van der Waals surface area contributed by atoms with Gasteiger partial charge in [-0.1, -0.05) is 32.4 Å². The molecule has 0 aromatic heterocycles. The molecule has 2 saturated carbocycles. The molecule has 23 heavy (non-hydrogen) atoms. The lowest BCUT2D eigenvalue weighted by atomic mass is 9.84. The highest BCUT2D eigenvalue weighted by molar-refractivity contribution is 5.77. The van der Waals surface area contributed by atoms with Crippen LogP contribution in [-0.2, 0) is 4.79 Å². The molecule has 1 amide bonds. The number of amides is 1. The minimum absolute atomic E-state index is 0.00629. The number of ether oxygens (including phenoxy) is 1. The first-order chi connectivity index (χ1) is 11.0. The zero-order chi connectivity index (χ0) is 16.4. The molecular formula is C20H29NO2. The molecule has 3 heteroatoms. The van der Waals surface area contributed by atoms with Crippen molar-refractivity contribution in [3.63, 3.8) is 0 Å². The zero-order valence-corrected chi connectivity index (χ0v) is 14.5. The van der Waals surface area contributed by atoms with Gasteiger partial charge >= 0.3 is 0 Å². The molecule has 0 saturated heterocycles. The van der Waals surface area contributed by atoms with E-state index >= 15 is 0 Å². The Morgan fingerprint density at radius 2 is 1.91 bits per heavy atom. The van der Waals surface area contributed by atoms with Gasteiger partial charge < -0.3 is 10.1 Å². The van der Waals surface area contributed by atoms with E-state index in [4.69, 9.17) is 4.74 Å². The molecule has 3 nitrogen and oxygen atoms in total. The Kier molecular flexibility index (Phi) is 4.93. The Bertz CT molecular complexity index is 537. The van der Waals surface area contributed by atoms with Crippen molar-refractivity contribution in [1.82, 2.24) is 5.32 Å². The number of nitrogens with one attached hydrogen (secondary N) is 1. The van der Waals surface area contributed by atoms with Gasteiger partial charge in [0.25, 0.3) is 5.91 Å². The average Bonchev–Trinajstić information content (AvgIpc) is 3.16. The Balaban J connectivity index is 1.44. The van der Waals surface area contributed by atoms with Crippen molar-refractivity contribution in [3.05, 3.63) is 29.8 Å². The van der Waals surface area contributed by atoms with E-state index in [-0.39, 0.29) is 18.6 Å². The smallest absolute Gasteiger partial charge is 0.258 e. The van der Waals surface area contributed by atoms with Crippen LogP contribution in [0.4, 0.5) is 0 Å². The Hall–Kier alpha value is -1.51. The molecule has 4 atom stereocenters. The van der Waals surface area contributed by atoms with Crippen molar-refractivity contribution in [2.24, 2.45) is 17.8 Å². The first-order valence-electron chi connectivity index (χ1n) is 9.05. The van der Waals surface area contributed by atoms with Crippen LogP contribution in [0.2, 0.25) is 0 Å². The number of carbonyl (C=O) groups is 1. The maximum Gasteiger partial charge on any atom is 0.258 e. The van der Waals surface area contributed by atoms with Crippen molar-refractivity contribution in [2.45, 2.75) is 58.4 Å². The van der Waals surface area contributed by atoms with Gasteiger partial charge in [-0.15, -0.1) is 0 Å². The summed E-state index contributed by atoms with van der Waals surface area (Å²) in [6.07, 6.45) is 5.43. The van der Waals surface area contributed by atoms with Crippen LogP contribution in [0.3, 0.4) is 0 Å².